The fourth-order valence-corrected chi connectivity index (χ4v) is 1.53. The van der Waals surface area contributed by atoms with E-state index in [0.717, 1.165) is 6.54 Å². The molecule has 20 heavy (non-hydrogen) atoms. The predicted molar refractivity (Wildman–Crippen MR) is 81.9 cm³/mol. The molecule has 0 rings (SSSR count). The molecule has 120 valence electrons. The molecular formula is C15H32N2O3. The van der Waals surface area contributed by atoms with Gasteiger partial charge in [0, 0.05) is 25.0 Å². The van der Waals surface area contributed by atoms with Crippen LogP contribution in [0.2, 0.25) is 0 Å². The van der Waals surface area contributed by atoms with Crippen molar-refractivity contribution in [3.05, 3.63) is 0 Å². The Morgan fingerprint density at radius 3 is 2.05 bits per heavy atom. The number of hydrogen-bond acceptors (Lipinski definition) is 4. The second kappa shape index (κ2) is 11.1. The van der Waals surface area contributed by atoms with Gasteiger partial charge in [0.05, 0.1) is 26.4 Å². The zero-order valence-corrected chi connectivity index (χ0v) is 13.8. The van der Waals surface area contributed by atoms with E-state index in [0.29, 0.717) is 45.3 Å². The lowest BCUT2D eigenvalue weighted by atomic mass is 10.1. The molecule has 0 aromatic carbocycles. The van der Waals surface area contributed by atoms with E-state index in [2.05, 4.69) is 31.4 Å². The van der Waals surface area contributed by atoms with E-state index in [1.807, 2.05) is 13.8 Å². The molecule has 0 aliphatic heterocycles. The van der Waals surface area contributed by atoms with Crippen molar-refractivity contribution in [2.45, 2.75) is 46.6 Å². The Morgan fingerprint density at radius 1 is 1.00 bits per heavy atom. The zero-order valence-electron chi connectivity index (χ0n) is 13.8. The third-order valence-corrected chi connectivity index (χ3v) is 2.44. The maximum atomic E-state index is 11.3. The highest BCUT2D eigenvalue weighted by atomic mass is 16.5. The molecule has 0 saturated carbocycles. The molecule has 0 fully saturated rings. The standard InChI is InChI=1S/C15H32N2O3/c1-13(2)12-14(18)16-6-8-19-10-11-20-9-7-17-15(3,4)5/h13,17H,6-12H2,1-5H3,(H,16,18). The number of rotatable bonds is 11. The summed E-state index contributed by atoms with van der Waals surface area (Å²) >= 11 is 0. The Labute approximate surface area is 123 Å². The lowest BCUT2D eigenvalue weighted by Crippen LogP contribution is -2.38. The molecule has 0 heterocycles. The number of ether oxygens (including phenoxy) is 2. The predicted octanol–water partition coefficient (Wildman–Crippen LogP) is 1.57. The minimum absolute atomic E-state index is 0.0908. The Bertz CT molecular complexity index is 250. The van der Waals surface area contributed by atoms with E-state index in [1.165, 1.54) is 0 Å². The van der Waals surface area contributed by atoms with Crippen molar-refractivity contribution in [2.75, 3.05) is 39.5 Å². The molecule has 0 aliphatic carbocycles. The van der Waals surface area contributed by atoms with Gasteiger partial charge in [-0.25, -0.2) is 0 Å². The van der Waals surface area contributed by atoms with Crippen molar-refractivity contribution >= 4 is 5.91 Å². The van der Waals surface area contributed by atoms with Crippen LogP contribution in [0.5, 0.6) is 0 Å². The summed E-state index contributed by atoms with van der Waals surface area (Å²) in [6.45, 7) is 14.2. The molecule has 2 N–H and O–H groups in total. The minimum atomic E-state index is 0.0908. The van der Waals surface area contributed by atoms with Crippen LogP contribution in [-0.2, 0) is 14.3 Å². The quantitative estimate of drug-likeness (QED) is 0.567. The number of nitrogens with one attached hydrogen (secondary N) is 2. The van der Waals surface area contributed by atoms with Crippen LogP contribution in [0.25, 0.3) is 0 Å². The summed E-state index contributed by atoms with van der Waals surface area (Å²) in [7, 11) is 0. The van der Waals surface area contributed by atoms with Gasteiger partial charge in [-0.15, -0.1) is 0 Å². The SMILES string of the molecule is CC(C)CC(=O)NCCOCCOCCNC(C)(C)C. The van der Waals surface area contributed by atoms with Crippen LogP contribution in [0, 0.1) is 5.92 Å². The lowest BCUT2D eigenvalue weighted by Gasteiger charge is -2.20. The van der Waals surface area contributed by atoms with Gasteiger partial charge < -0.3 is 20.1 Å². The van der Waals surface area contributed by atoms with Gasteiger partial charge in [-0.1, -0.05) is 13.8 Å². The van der Waals surface area contributed by atoms with Crippen molar-refractivity contribution in [3.8, 4) is 0 Å². The maximum absolute atomic E-state index is 11.3. The Hall–Kier alpha value is -0.650. The summed E-state index contributed by atoms with van der Waals surface area (Å²) in [5, 5.41) is 6.17. The molecule has 0 aromatic rings. The molecule has 0 spiro atoms. The molecule has 0 aromatic heterocycles. The summed E-state index contributed by atoms with van der Waals surface area (Å²) in [6.07, 6.45) is 0.573. The topological polar surface area (TPSA) is 59.6 Å². The van der Waals surface area contributed by atoms with Gasteiger partial charge in [-0.2, -0.15) is 0 Å². The Morgan fingerprint density at radius 2 is 1.55 bits per heavy atom. The minimum Gasteiger partial charge on any atom is -0.378 e. The average molecular weight is 288 g/mol. The van der Waals surface area contributed by atoms with Gasteiger partial charge in [-0.3, -0.25) is 4.79 Å². The highest BCUT2D eigenvalue weighted by Gasteiger charge is 2.07. The first-order valence-electron chi connectivity index (χ1n) is 7.48. The van der Waals surface area contributed by atoms with Crippen LogP contribution in [0.1, 0.15) is 41.0 Å². The molecule has 0 unspecified atom stereocenters. The molecule has 0 radical (unpaired) electrons. The van der Waals surface area contributed by atoms with Gasteiger partial charge in [0.1, 0.15) is 0 Å². The van der Waals surface area contributed by atoms with Crippen molar-refractivity contribution < 1.29 is 14.3 Å². The number of hydrogen-bond donors (Lipinski definition) is 2. The summed E-state index contributed by atoms with van der Waals surface area (Å²) in [5.74, 6) is 0.485. The second-order valence-corrected chi connectivity index (χ2v) is 6.35. The van der Waals surface area contributed by atoms with Crippen molar-refractivity contribution in [1.29, 1.82) is 0 Å². The van der Waals surface area contributed by atoms with E-state index >= 15 is 0 Å². The van der Waals surface area contributed by atoms with Gasteiger partial charge >= 0.3 is 0 Å². The van der Waals surface area contributed by atoms with Gasteiger partial charge in [0.15, 0.2) is 0 Å². The largest absolute Gasteiger partial charge is 0.378 e. The van der Waals surface area contributed by atoms with E-state index < -0.39 is 0 Å². The normalized spacial score (nSPS) is 11.9. The molecule has 1 amide bonds. The monoisotopic (exact) mass is 288 g/mol. The van der Waals surface area contributed by atoms with E-state index in [1.54, 1.807) is 0 Å². The first-order chi connectivity index (χ1) is 9.31. The van der Waals surface area contributed by atoms with Crippen LogP contribution in [0.3, 0.4) is 0 Å². The summed E-state index contributed by atoms with van der Waals surface area (Å²) in [6, 6.07) is 0. The Kier molecular flexibility index (Phi) is 10.7. The first-order valence-corrected chi connectivity index (χ1v) is 7.48. The van der Waals surface area contributed by atoms with Crippen molar-refractivity contribution in [1.82, 2.24) is 10.6 Å². The molecule has 0 atom stereocenters. The van der Waals surface area contributed by atoms with E-state index in [-0.39, 0.29) is 11.4 Å². The molecule has 0 saturated heterocycles. The third kappa shape index (κ3) is 15.4. The maximum Gasteiger partial charge on any atom is 0.220 e. The molecule has 0 bridgehead atoms. The number of carbonyl (C=O) groups is 1. The smallest absolute Gasteiger partial charge is 0.220 e. The second-order valence-electron chi connectivity index (χ2n) is 6.35. The molecule has 0 aliphatic rings. The molecule has 5 nitrogen and oxygen atoms in total. The Balaban J connectivity index is 3.19. The first kappa shape index (κ1) is 19.4. The van der Waals surface area contributed by atoms with E-state index in [4.69, 9.17) is 9.47 Å². The summed E-state index contributed by atoms with van der Waals surface area (Å²) in [5.41, 5.74) is 0.133. The van der Waals surface area contributed by atoms with Gasteiger partial charge in [0.2, 0.25) is 5.91 Å². The third-order valence-electron chi connectivity index (χ3n) is 2.44. The van der Waals surface area contributed by atoms with Crippen molar-refractivity contribution in [3.63, 3.8) is 0 Å². The number of carbonyl (C=O) groups excluding carboxylic acids is 1. The zero-order chi connectivity index (χ0) is 15.4. The van der Waals surface area contributed by atoms with Crippen LogP contribution in [-0.4, -0.2) is 51.0 Å². The highest BCUT2D eigenvalue weighted by Crippen LogP contribution is 1.97. The average Bonchev–Trinajstić information content (AvgIpc) is 2.29. The summed E-state index contributed by atoms with van der Waals surface area (Å²) < 4.78 is 10.8. The lowest BCUT2D eigenvalue weighted by molar-refractivity contribution is -0.122. The van der Waals surface area contributed by atoms with Crippen LogP contribution in [0.4, 0.5) is 0 Å². The molecule has 5 heteroatoms. The number of amides is 1. The molecular weight excluding hydrogens is 256 g/mol. The van der Waals surface area contributed by atoms with Crippen LogP contribution >= 0.6 is 0 Å². The van der Waals surface area contributed by atoms with E-state index in [9.17, 15) is 4.79 Å². The summed E-state index contributed by atoms with van der Waals surface area (Å²) in [4.78, 5) is 11.3. The van der Waals surface area contributed by atoms with Crippen molar-refractivity contribution in [2.24, 2.45) is 5.92 Å². The van der Waals surface area contributed by atoms with Gasteiger partial charge in [-0.05, 0) is 26.7 Å². The fraction of sp³-hybridized carbons (Fsp3) is 0.933. The van der Waals surface area contributed by atoms with Crippen LogP contribution in [0.15, 0.2) is 0 Å². The van der Waals surface area contributed by atoms with Gasteiger partial charge in [0.25, 0.3) is 0 Å². The fourth-order valence-electron chi connectivity index (χ4n) is 1.53. The highest BCUT2D eigenvalue weighted by molar-refractivity contribution is 5.75. The van der Waals surface area contributed by atoms with Crippen LogP contribution < -0.4 is 10.6 Å².